The smallest absolute Gasteiger partial charge is 0.271 e. The predicted molar refractivity (Wildman–Crippen MR) is 109 cm³/mol. The summed E-state index contributed by atoms with van der Waals surface area (Å²) in [7, 11) is 3.97. The van der Waals surface area contributed by atoms with Crippen LogP contribution in [0.1, 0.15) is 21.5 Å². The molecule has 1 heterocycles. The molecule has 0 saturated carbocycles. The van der Waals surface area contributed by atoms with Crippen molar-refractivity contribution in [2.24, 2.45) is 5.10 Å². The minimum Gasteiger partial charge on any atom is -0.378 e. The zero-order valence-corrected chi connectivity index (χ0v) is 15.9. The number of amides is 1. The maximum absolute atomic E-state index is 12.2. The molecule has 138 valence electrons. The second-order valence-corrected chi connectivity index (χ2v) is 6.67. The van der Waals surface area contributed by atoms with Crippen molar-refractivity contribution in [2.45, 2.75) is 6.54 Å². The van der Waals surface area contributed by atoms with E-state index in [0.29, 0.717) is 17.1 Å². The van der Waals surface area contributed by atoms with Crippen molar-refractivity contribution in [3.05, 3.63) is 82.6 Å². The van der Waals surface area contributed by atoms with Gasteiger partial charge in [0.25, 0.3) is 5.91 Å². The van der Waals surface area contributed by atoms with Gasteiger partial charge in [0.05, 0.1) is 24.0 Å². The Morgan fingerprint density at radius 2 is 1.89 bits per heavy atom. The molecule has 0 atom stereocenters. The summed E-state index contributed by atoms with van der Waals surface area (Å²) in [6.07, 6.45) is 4.96. The Labute approximate surface area is 163 Å². The monoisotopic (exact) mass is 381 g/mol. The fraction of sp³-hybridized carbons (Fsp3) is 0.150. The van der Waals surface area contributed by atoms with E-state index in [9.17, 15) is 4.79 Å². The standard InChI is InChI=1S/C20H20ClN5O/c1-25(2)19-9-5-15(6-10-19)11-22-24-20(27)17-7-3-16(4-8-17)13-26-14-18(21)12-23-26/h3-12,14H,13H2,1-2H3,(H,24,27)/b22-11-. The van der Waals surface area contributed by atoms with Crippen LogP contribution in [-0.2, 0) is 6.54 Å². The zero-order chi connectivity index (χ0) is 19.2. The Morgan fingerprint density at radius 1 is 1.19 bits per heavy atom. The minimum atomic E-state index is -0.259. The number of aromatic nitrogens is 2. The lowest BCUT2D eigenvalue weighted by Crippen LogP contribution is -2.17. The van der Waals surface area contributed by atoms with Crippen LogP contribution in [0, 0.1) is 0 Å². The van der Waals surface area contributed by atoms with Gasteiger partial charge < -0.3 is 4.90 Å². The average Bonchev–Trinajstić information content (AvgIpc) is 3.07. The van der Waals surface area contributed by atoms with Crippen molar-refractivity contribution in [3.63, 3.8) is 0 Å². The highest BCUT2D eigenvalue weighted by atomic mass is 35.5. The third-order valence-corrected chi connectivity index (χ3v) is 4.15. The first-order chi connectivity index (χ1) is 13.0. The van der Waals surface area contributed by atoms with Gasteiger partial charge in [-0.1, -0.05) is 35.9 Å². The second-order valence-electron chi connectivity index (χ2n) is 6.24. The highest BCUT2D eigenvalue weighted by molar-refractivity contribution is 6.30. The SMILES string of the molecule is CN(C)c1ccc(/C=N\NC(=O)c2ccc(Cn3cc(Cl)cn3)cc2)cc1. The third kappa shape index (κ3) is 5.18. The number of hydrogen-bond acceptors (Lipinski definition) is 4. The Kier molecular flexibility index (Phi) is 5.88. The van der Waals surface area contributed by atoms with E-state index in [1.54, 1.807) is 35.4 Å². The van der Waals surface area contributed by atoms with Crippen molar-refractivity contribution in [1.82, 2.24) is 15.2 Å². The molecule has 0 spiro atoms. The fourth-order valence-electron chi connectivity index (χ4n) is 2.46. The highest BCUT2D eigenvalue weighted by Crippen LogP contribution is 2.11. The van der Waals surface area contributed by atoms with Gasteiger partial charge in [0.15, 0.2) is 0 Å². The summed E-state index contributed by atoms with van der Waals surface area (Å²) in [5.41, 5.74) is 6.12. The molecule has 2 aromatic carbocycles. The summed E-state index contributed by atoms with van der Waals surface area (Å²) in [5, 5.41) is 8.75. The maximum atomic E-state index is 12.2. The number of rotatable bonds is 6. The van der Waals surface area contributed by atoms with Gasteiger partial charge in [0.2, 0.25) is 0 Å². The molecule has 0 saturated heterocycles. The van der Waals surface area contributed by atoms with Crippen molar-refractivity contribution in [2.75, 3.05) is 19.0 Å². The fourth-order valence-corrected chi connectivity index (χ4v) is 2.62. The Morgan fingerprint density at radius 3 is 2.48 bits per heavy atom. The summed E-state index contributed by atoms with van der Waals surface area (Å²) in [5.74, 6) is -0.259. The average molecular weight is 382 g/mol. The summed E-state index contributed by atoms with van der Waals surface area (Å²) in [6, 6.07) is 15.2. The quantitative estimate of drug-likeness (QED) is 0.525. The molecule has 3 aromatic rings. The Balaban J connectivity index is 1.55. The highest BCUT2D eigenvalue weighted by Gasteiger charge is 2.05. The van der Waals surface area contributed by atoms with Crippen LogP contribution in [0.2, 0.25) is 5.02 Å². The van der Waals surface area contributed by atoms with Gasteiger partial charge in [0, 0.05) is 31.5 Å². The van der Waals surface area contributed by atoms with Crippen molar-refractivity contribution >= 4 is 29.4 Å². The van der Waals surface area contributed by atoms with Crippen LogP contribution in [0.25, 0.3) is 0 Å². The van der Waals surface area contributed by atoms with Crippen molar-refractivity contribution in [3.8, 4) is 0 Å². The zero-order valence-electron chi connectivity index (χ0n) is 15.1. The van der Waals surface area contributed by atoms with Crippen LogP contribution in [0.3, 0.4) is 0 Å². The maximum Gasteiger partial charge on any atom is 0.271 e. The van der Waals surface area contributed by atoms with Crippen LogP contribution in [-0.4, -0.2) is 36.0 Å². The van der Waals surface area contributed by atoms with Gasteiger partial charge in [-0.25, -0.2) is 5.43 Å². The van der Waals surface area contributed by atoms with E-state index >= 15 is 0 Å². The van der Waals surface area contributed by atoms with Gasteiger partial charge in [-0.15, -0.1) is 0 Å². The van der Waals surface area contributed by atoms with Gasteiger partial charge >= 0.3 is 0 Å². The number of carbonyl (C=O) groups excluding carboxylic acids is 1. The van der Waals surface area contributed by atoms with E-state index in [-0.39, 0.29) is 5.91 Å². The molecular weight excluding hydrogens is 362 g/mol. The van der Waals surface area contributed by atoms with Gasteiger partial charge in [0.1, 0.15) is 0 Å². The molecule has 0 aliphatic carbocycles. The molecule has 1 aromatic heterocycles. The molecule has 1 amide bonds. The molecule has 0 unspecified atom stereocenters. The lowest BCUT2D eigenvalue weighted by Gasteiger charge is -2.11. The lowest BCUT2D eigenvalue weighted by atomic mass is 10.1. The minimum absolute atomic E-state index is 0.259. The molecule has 0 fully saturated rings. The number of carbonyl (C=O) groups is 1. The molecular formula is C20H20ClN5O. The summed E-state index contributed by atoms with van der Waals surface area (Å²) in [6.45, 7) is 0.593. The lowest BCUT2D eigenvalue weighted by molar-refractivity contribution is 0.0955. The normalized spacial score (nSPS) is 10.9. The Hall–Kier alpha value is -3.12. The van der Waals surface area contributed by atoms with Gasteiger partial charge in [-0.3, -0.25) is 9.48 Å². The van der Waals surface area contributed by atoms with E-state index < -0.39 is 0 Å². The van der Waals surface area contributed by atoms with E-state index in [4.69, 9.17) is 11.6 Å². The molecule has 0 aliphatic rings. The molecule has 1 N–H and O–H groups in total. The van der Waals surface area contributed by atoms with Crippen LogP contribution < -0.4 is 10.3 Å². The second kappa shape index (κ2) is 8.51. The number of hydrogen-bond donors (Lipinski definition) is 1. The van der Waals surface area contributed by atoms with Crippen LogP contribution in [0.15, 0.2) is 66.0 Å². The van der Waals surface area contributed by atoms with E-state index in [0.717, 1.165) is 16.8 Å². The molecule has 0 bridgehead atoms. The first-order valence-electron chi connectivity index (χ1n) is 8.39. The number of hydrazone groups is 1. The van der Waals surface area contributed by atoms with Crippen molar-refractivity contribution < 1.29 is 4.79 Å². The van der Waals surface area contributed by atoms with Gasteiger partial charge in [-0.2, -0.15) is 10.2 Å². The third-order valence-electron chi connectivity index (χ3n) is 3.95. The van der Waals surface area contributed by atoms with Crippen LogP contribution >= 0.6 is 11.6 Å². The molecule has 7 heteroatoms. The van der Waals surface area contributed by atoms with Crippen LogP contribution in [0.5, 0.6) is 0 Å². The largest absolute Gasteiger partial charge is 0.378 e. The molecule has 0 aliphatic heterocycles. The molecule has 27 heavy (non-hydrogen) atoms. The first-order valence-corrected chi connectivity index (χ1v) is 8.77. The topological polar surface area (TPSA) is 62.5 Å². The first kappa shape index (κ1) is 18.7. The molecule has 3 rings (SSSR count). The summed E-state index contributed by atoms with van der Waals surface area (Å²) < 4.78 is 1.74. The number of benzene rings is 2. The molecule has 6 nitrogen and oxygen atoms in total. The number of nitrogens with one attached hydrogen (secondary N) is 1. The number of halogens is 1. The van der Waals surface area contributed by atoms with Crippen molar-refractivity contribution in [1.29, 1.82) is 0 Å². The molecule has 0 radical (unpaired) electrons. The Bertz CT molecular complexity index is 930. The van der Waals surface area contributed by atoms with Gasteiger partial charge in [-0.05, 0) is 35.4 Å². The van der Waals surface area contributed by atoms with Crippen LogP contribution in [0.4, 0.5) is 5.69 Å². The van der Waals surface area contributed by atoms with E-state index in [1.165, 1.54) is 0 Å². The predicted octanol–water partition coefficient (Wildman–Crippen LogP) is 3.41. The number of anilines is 1. The number of nitrogens with zero attached hydrogens (tertiary/aromatic N) is 4. The van der Waals surface area contributed by atoms with E-state index in [2.05, 4.69) is 15.6 Å². The summed E-state index contributed by atoms with van der Waals surface area (Å²) >= 11 is 5.86. The van der Waals surface area contributed by atoms with E-state index in [1.807, 2.05) is 55.4 Å². The summed E-state index contributed by atoms with van der Waals surface area (Å²) in [4.78, 5) is 14.2.